The second kappa shape index (κ2) is 6.89. The molecule has 1 aromatic heterocycles. The van der Waals surface area contributed by atoms with Gasteiger partial charge in [0.05, 0.1) is 20.6 Å². The first-order chi connectivity index (χ1) is 12.0. The van der Waals surface area contributed by atoms with Gasteiger partial charge in [-0.05, 0) is 43.7 Å². The first kappa shape index (κ1) is 16.9. The van der Waals surface area contributed by atoms with Gasteiger partial charge in [-0.1, -0.05) is 11.6 Å². The summed E-state index contributed by atoms with van der Waals surface area (Å²) in [6.45, 7) is 4.05. The van der Waals surface area contributed by atoms with E-state index >= 15 is 0 Å². The van der Waals surface area contributed by atoms with Crippen LogP contribution < -0.4 is 14.8 Å². The normalized spacial score (nSPS) is 10.7. The van der Waals surface area contributed by atoms with Crippen molar-refractivity contribution in [2.75, 3.05) is 19.5 Å². The number of benzene rings is 2. The van der Waals surface area contributed by atoms with Crippen LogP contribution in [0.5, 0.6) is 11.5 Å². The van der Waals surface area contributed by atoms with Crippen molar-refractivity contribution in [2.24, 2.45) is 0 Å². The van der Waals surface area contributed by atoms with Crippen molar-refractivity contribution in [3.63, 3.8) is 0 Å². The Labute approximate surface area is 147 Å². The third-order valence-corrected chi connectivity index (χ3v) is 4.28. The van der Waals surface area contributed by atoms with Crippen LogP contribution in [0.15, 0.2) is 36.4 Å². The van der Waals surface area contributed by atoms with Crippen molar-refractivity contribution in [1.82, 2.24) is 4.98 Å². The monoisotopic (exact) mass is 338 g/mol. The summed E-state index contributed by atoms with van der Waals surface area (Å²) in [5.41, 5.74) is 4.95. The van der Waals surface area contributed by atoms with E-state index in [2.05, 4.69) is 29.4 Å². The van der Waals surface area contributed by atoms with Crippen molar-refractivity contribution in [2.45, 2.75) is 20.3 Å². The van der Waals surface area contributed by atoms with E-state index in [0.717, 1.165) is 22.2 Å². The number of rotatable bonds is 5. The first-order valence-corrected chi connectivity index (χ1v) is 8.11. The van der Waals surface area contributed by atoms with E-state index in [0.29, 0.717) is 23.6 Å². The van der Waals surface area contributed by atoms with Crippen LogP contribution in [0.2, 0.25) is 0 Å². The number of fused-ring (bicyclic) bond motifs is 1. The number of nitrogens with one attached hydrogen (secondary N) is 2. The average Bonchev–Trinajstić information content (AvgIpc) is 2.90. The van der Waals surface area contributed by atoms with Crippen molar-refractivity contribution in [3.05, 3.63) is 53.2 Å². The minimum Gasteiger partial charge on any atom is -0.493 e. The molecule has 0 saturated heterocycles. The SMILES string of the molecule is COc1ccc(NC(=O)Cc2c(C)[nH]c3ccc(C)cc23)cc1OC. The van der Waals surface area contributed by atoms with E-state index in [1.807, 2.05) is 13.0 Å². The van der Waals surface area contributed by atoms with Crippen LogP contribution >= 0.6 is 0 Å². The van der Waals surface area contributed by atoms with E-state index in [1.165, 1.54) is 5.56 Å². The van der Waals surface area contributed by atoms with Gasteiger partial charge in [-0.3, -0.25) is 4.79 Å². The fraction of sp³-hybridized carbons (Fsp3) is 0.250. The Morgan fingerprint density at radius 2 is 1.80 bits per heavy atom. The number of aromatic nitrogens is 1. The van der Waals surface area contributed by atoms with Gasteiger partial charge in [0.1, 0.15) is 0 Å². The standard InChI is InChI=1S/C20H22N2O3/c1-12-5-7-17-16(9-12)15(13(2)21-17)11-20(23)22-14-6-8-18(24-3)19(10-14)25-4/h5-10,21H,11H2,1-4H3,(H,22,23). The molecule has 2 N–H and O–H groups in total. The molecule has 0 unspecified atom stereocenters. The number of hydrogen-bond donors (Lipinski definition) is 2. The summed E-state index contributed by atoms with van der Waals surface area (Å²) in [4.78, 5) is 15.9. The molecular weight excluding hydrogens is 316 g/mol. The highest BCUT2D eigenvalue weighted by molar-refractivity contribution is 5.96. The summed E-state index contributed by atoms with van der Waals surface area (Å²) < 4.78 is 10.5. The zero-order valence-corrected chi connectivity index (χ0v) is 14.9. The molecule has 3 rings (SSSR count). The number of amides is 1. The molecule has 1 amide bonds. The average molecular weight is 338 g/mol. The zero-order chi connectivity index (χ0) is 18.0. The fourth-order valence-corrected chi connectivity index (χ4v) is 3.00. The molecule has 3 aromatic rings. The minimum atomic E-state index is -0.0715. The molecule has 0 aliphatic heterocycles. The maximum absolute atomic E-state index is 12.5. The zero-order valence-electron chi connectivity index (χ0n) is 14.9. The maximum Gasteiger partial charge on any atom is 0.228 e. The molecule has 1 heterocycles. The van der Waals surface area contributed by atoms with Crippen molar-refractivity contribution in [3.8, 4) is 11.5 Å². The number of ether oxygens (including phenoxy) is 2. The lowest BCUT2D eigenvalue weighted by molar-refractivity contribution is -0.115. The van der Waals surface area contributed by atoms with Gasteiger partial charge >= 0.3 is 0 Å². The van der Waals surface area contributed by atoms with Crippen LogP contribution in [0.1, 0.15) is 16.8 Å². The molecule has 5 nitrogen and oxygen atoms in total. The van der Waals surface area contributed by atoms with Gasteiger partial charge in [-0.15, -0.1) is 0 Å². The number of anilines is 1. The summed E-state index contributed by atoms with van der Waals surface area (Å²) in [7, 11) is 3.15. The van der Waals surface area contributed by atoms with Crippen LogP contribution in [-0.2, 0) is 11.2 Å². The molecule has 0 spiro atoms. The van der Waals surface area contributed by atoms with E-state index in [9.17, 15) is 4.79 Å². The Bertz CT molecular complexity index is 928. The number of carbonyl (C=O) groups excluding carboxylic acids is 1. The van der Waals surface area contributed by atoms with Gasteiger partial charge in [-0.2, -0.15) is 0 Å². The van der Waals surface area contributed by atoms with Crippen LogP contribution in [0, 0.1) is 13.8 Å². The molecule has 0 saturated carbocycles. The van der Waals surface area contributed by atoms with Gasteiger partial charge in [-0.25, -0.2) is 0 Å². The smallest absolute Gasteiger partial charge is 0.228 e. The van der Waals surface area contributed by atoms with Crippen LogP contribution in [0.3, 0.4) is 0 Å². The van der Waals surface area contributed by atoms with E-state index < -0.39 is 0 Å². The number of aryl methyl sites for hydroxylation is 2. The molecule has 25 heavy (non-hydrogen) atoms. The van der Waals surface area contributed by atoms with Gasteiger partial charge in [0, 0.05) is 28.4 Å². The van der Waals surface area contributed by atoms with Crippen molar-refractivity contribution < 1.29 is 14.3 Å². The van der Waals surface area contributed by atoms with Gasteiger partial charge in [0.25, 0.3) is 0 Å². The van der Waals surface area contributed by atoms with Crippen LogP contribution in [0.25, 0.3) is 10.9 Å². The topological polar surface area (TPSA) is 63.3 Å². The number of aromatic amines is 1. The maximum atomic E-state index is 12.5. The molecule has 0 aliphatic rings. The lowest BCUT2D eigenvalue weighted by Crippen LogP contribution is -2.14. The van der Waals surface area contributed by atoms with Crippen molar-refractivity contribution in [1.29, 1.82) is 0 Å². The highest BCUT2D eigenvalue weighted by Gasteiger charge is 2.14. The summed E-state index contributed by atoms with van der Waals surface area (Å²) in [6, 6.07) is 11.5. The predicted molar refractivity (Wildman–Crippen MR) is 99.7 cm³/mol. The Balaban J connectivity index is 1.81. The van der Waals surface area contributed by atoms with Crippen LogP contribution in [0.4, 0.5) is 5.69 Å². The molecule has 0 radical (unpaired) electrons. The third-order valence-electron chi connectivity index (χ3n) is 4.28. The molecule has 0 bridgehead atoms. The van der Waals surface area contributed by atoms with Gasteiger partial charge < -0.3 is 19.8 Å². The Morgan fingerprint density at radius 1 is 1.04 bits per heavy atom. The highest BCUT2D eigenvalue weighted by Crippen LogP contribution is 2.30. The summed E-state index contributed by atoms with van der Waals surface area (Å²) in [5, 5.41) is 4.02. The first-order valence-electron chi connectivity index (χ1n) is 8.11. The minimum absolute atomic E-state index is 0.0715. The van der Waals surface area contributed by atoms with Crippen molar-refractivity contribution >= 4 is 22.5 Å². The van der Waals surface area contributed by atoms with E-state index in [1.54, 1.807) is 32.4 Å². The highest BCUT2D eigenvalue weighted by atomic mass is 16.5. The molecular formula is C20H22N2O3. The molecule has 2 aromatic carbocycles. The Kier molecular flexibility index (Phi) is 4.65. The van der Waals surface area contributed by atoms with E-state index in [-0.39, 0.29) is 5.91 Å². The van der Waals surface area contributed by atoms with E-state index in [4.69, 9.17) is 9.47 Å². The largest absolute Gasteiger partial charge is 0.493 e. The second-order valence-corrected chi connectivity index (χ2v) is 6.07. The summed E-state index contributed by atoms with van der Waals surface area (Å²) in [5.74, 6) is 1.14. The fourth-order valence-electron chi connectivity index (χ4n) is 3.00. The second-order valence-electron chi connectivity index (χ2n) is 6.07. The number of H-pyrrole nitrogens is 1. The Morgan fingerprint density at radius 3 is 2.52 bits per heavy atom. The lowest BCUT2D eigenvalue weighted by Gasteiger charge is -2.10. The Hall–Kier alpha value is -2.95. The summed E-state index contributed by atoms with van der Waals surface area (Å²) in [6.07, 6.45) is 0.309. The molecule has 5 heteroatoms. The number of hydrogen-bond acceptors (Lipinski definition) is 3. The molecule has 130 valence electrons. The third kappa shape index (κ3) is 3.45. The number of carbonyl (C=O) groups is 1. The molecule has 0 atom stereocenters. The lowest BCUT2D eigenvalue weighted by atomic mass is 10.1. The van der Waals surface area contributed by atoms with Gasteiger partial charge in [0.15, 0.2) is 11.5 Å². The quantitative estimate of drug-likeness (QED) is 0.739. The molecule has 0 aliphatic carbocycles. The summed E-state index contributed by atoms with van der Waals surface area (Å²) >= 11 is 0. The number of methoxy groups -OCH3 is 2. The molecule has 0 fully saturated rings. The van der Waals surface area contributed by atoms with Crippen LogP contribution in [-0.4, -0.2) is 25.1 Å². The predicted octanol–water partition coefficient (Wildman–Crippen LogP) is 3.98. The van der Waals surface area contributed by atoms with Gasteiger partial charge in [0.2, 0.25) is 5.91 Å².